The summed E-state index contributed by atoms with van der Waals surface area (Å²) < 4.78 is 25.8. The minimum Gasteiger partial charge on any atom is -0.333 e. The normalized spacial score (nSPS) is 22.7. The van der Waals surface area contributed by atoms with E-state index in [2.05, 4.69) is 0 Å². The van der Waals surface area contributed by atoms with E-state index in [1.54, 1.807) is 11.0 Å². The number of benzene rings is 1. The van der Waals surface area contributed by atoms with Crippen LogP contribution in [-0.4, -0.2) is 39.1 Å². The number of fused-ring (bicyclic) bond motifs is 1. The number of hydrogen-bond donors (Lipinski definition) is 0. The molecule has 21 heavy (non-hydrogen) atoms. The van der Waals surface area contributed by atoms with Crippen molar-refractivity contribution in [3.05, 3.63) is 34.5 Å². The lowest BCUT2D eigenvalue weighted by atomic mass is 10.1. The molecule has 0 aliphatic carbocycles. The van der Waals surface area contributed by atoms with E-state index in [0.29, 0.717) is 22.9 Å². The first-order chi connectivity index (χ1) is 9.97. The second kappa shape index (κ2) is 5.50. The van der Waals surface area contributed by atoms with Gasteiger partial charge in [-0.05, 0) is 43.0 Å². The number of thiophene rings is 1. The van der Waals surface area contributed by atoms with E-state index in [4.69, 9.17) is 0 Å². The molecule has 2 aromatic rings. The zero-order valence-corrected chi connectivity index (χ0v) is 13.5. The second-order valence-corrected chi connectivity index (χ2v) is 8.03. The van der Waals surface area contributed by atoms with Gasteiger partial charge in [0.05, 0.1) is 4.88 Å². The minimum absolute atomic E-state index is 0.0200. The molecule has 1 fully saturated rings. The molecule has 0 unspecified atom stereocenters. The molecule has 1 amide bonds. The van der Waals surface area contributed by atoms with Crippen LogP contribution in [0.2, 0.25) is 0 Å². The first-order valence-corrected chi connectivity index (χ1v) is 9.12. The number of halogens is 1. The van der Waals surface area contributed by atoms with E-state index in [0.717, 1.165) is 15.6 Å². The molecule has 2 atom stereocenters. The molecule has 0 N–H and O–H groups in total. The van der Waals surface area contributed by atoms with Gasteiger partial charge >= 0.3 is 0 Å². The summed E-state index contributed by atoms with van der Waals surface area (Å²) in [6.07, 6.45) is 0. The number of aryl methyl sites for hydroxylation is 1. The first-order valence-electron chi connectivity index (χ1n) is 6.82. The average molecular weight is 325 g/mol. The number of carbonyl (C=O) groups is 1. The van der Waals surface area contributed by atoms with Crippen LogP contribution < -0.4 is 0 Å². The lowest BCUT2D eigenvalue weighted by molar-refractivity contribution is 0.0718. The predicted octanol–water partition coefficient (Wildman–Crippen LogP) is 2.94. The van der Waals surface area contributed by atoms with E-state index >= 15 is 0 Å². The molecule has 6 heteroatoms. The van der Waals surface area contributed by atoms with Crippen molar-refractivity contribution in [2.45, 2.75) is 19.9 Å². The Hall–Kier alpha value is -1.27. The molecule has 0 radical (unpaired) electrons. The van der Waals surface area contributed by atoms with Crippen LogP contribution in [0.25, 0.3) is 10.1 Å². The van der Waals surface area contributed by atoms with Crippen LogP contribution in [-0.2, 0) is 10.8 Å². The molecule has 1 aliphatic heterocycles. The van der Waals surface area contributed by atoms with Gasteiger partial charge in [-0.15, -0.1) is 11.3 Å². The summed E-state index contributed by atoms with van der Waals surface area (Å²) in [5.74, 6) is 0.751. The maximum atomic E-state index is 13.4. The van der Waals surface area contributed by atoms with Crippen LogP contribution in [0.3, 0.4) is 0 Å². The number of amides is 1. The van der Waals surface area contributed by atoms with Gasteiger partial charge < -0.3 is 4.90 Å². The summed E-state index contributed by atoms with van der Waals surface area (Å²) in [4.78, 5) is 15.2. The third-order valence-corrected chi connectivity index (χ3v) is 6.63. The molecule has 1 saturated heterocycles. The highest BCUT2D eigenvalue weighted by atomic mass is 32.2. The Bertz CT molecular complexity index is 741. The molecule has 2 heterocycles. The molecule has 1 aliphatic rings. The molecule has 0 spiro atoms. The fourth-order valence-electron chi connectivity index (χ4n) is 2.69. The van der Waals surface area contributed by atoms with Crippen molar-refractivity contribution < 1.29 is 13.4 Å². The molecule has 1 aromatic heterocycles. The van der Waals surface area contributed by atoms with Gasteiger partial charge in [0.2, 0.25) is 0 Å². The molecule has 3 nitrogen and oxygen atoms in total. The van der Waals surface area contributed by atoms with Gasteiger partial charge in [0, 0.05) is 39.6 Å². The summed E-state index contributed by atoms with van der Waals surface area (Å²) in [5.41, 5.74) is 0.832. The average Bonchev–Trinajstić information content (AvgIpc) is 2.75. The van der Waals surface area contributed by atoms with Gasteiger partial charge in [0.15, 0.2) is 0 Å². The Morgan fingerprint density at radius 2 is 2.24 bits per heavy atom. The van der Waals surface area contributed by atoms with Gasteiger partial charge in [-0.25, -0.2) is 4.39 Å². The number of carbonyl (C=O) groups excluding carboxylic acids is 1. The molecule has 0 bridgehead atoms. The van der Waals surface area contributed by atoms with Gasteiger partial charge in [-0.1, -0.05) is 0 Å². The SMILES string of the molecule is Cc1c(C(=O)N2CC[S@@](=O)C[C@H]2C)sc2ccc(F)cc12. The highest BCUT2D eigenvalue weighted by Gasteiger charge is 2.29. The van der Waals surface area contributed by atoms with E-state index in [9.17, 15) is 13.4 Å². The third kappa shape index (κ3) is 2.62. The maximum absolute atomic E-state index is 13.4. The molecule has 112 valence electrons. The van der Waals surface area contributed by atoms with Crippen LogP contribution in [0, 0.1) is 12.7 Å². The zero-order valence-electron chi connectivity index (χ0n) is 11.9. The largest absolute Gasteiger partial charge is 0.333 e. The molecule has 1 aromatic carbocycles. The van der Waals surface area contributed by atoms with Crippen LogP contribution in [0.15, 0.2) is 18.2 Å². The van der Waals surface area contributed by atoms with Crippen LogP contribution in [0.1, 0.15) is 22.2 Å². The lowest BCUT2D eigenvalue weighted by Crippen LogP contribution is -2.48. The van der Waals surface area contributed by atoms with E-state index < -0.39 is 10.8 Å². The lowest BCUT2D eigenvalue weighted by Gasteiger charge is -2.32. The van der Waals surface area contributed by atoms with Crippen molar-refractivity contribution >= 4 is 38.1 Å². The summed E-state index contributed by atoms with van der Waals surface area (Å²) in [6, 6.07) is 4.59. The predicted molar refractivity (Wildman–Crippen MR) is 84.9 cm³/mol. The Kier molecular flexibility index (Phi) is 3.84. The Labute approximate surface area is 129 Å². The van der Waals surface area contributed by atoms with Crippen LogP contribution >= 0.6 is 11.3 Å². The summed E-state index contributed by atoms with van der Waals surface area (Å²) in [7, 11) is -0.827. The minimum atomic E-state index is -0.827. The Morgan fingerprint density at radius 3 is 2.95 bits per heavy atom. The van der Waals surface area contributed by atoms with Crippen LogP contribution in [0.5, 0.6) is 0 Å². The summed E-state index contributed by atoms with van der Waals surface area (Å²) in [6.45, 7) is 4.31. The van der Waals surface area contributed by atoms with Crippen molar-refractivity contribution in [1.82, 2.24) is 4.90 Å². The Balaban J connectivity index is 1.98. The fourth-order valence-corrected chi connectivity index (χ4v) is 5.12. The van der Waals surface area contributed by atoms with Crippen molar-refractivity contribution in [3.8, 4) is 0 Å². The quantitative estimate of drug-likeness (QED) is 0.808. The Morgan fingerprint density at radius 1 is 1.48 bits per heavy atom. The van der Waals surface area contributed by atoms with E-state index in [-0.39, 0.29) is 17.8 Å². The van der Waals surface area contributed by atoms with Gasteiger partial charge in [-0.3, -0.25) is 9.00 Å². The summed E-state index contributed by atoms with van der Waals surface area (Å²) >= 11 is 1.40. The zero-order chi connectivity index (χ0) is 15.1. The number of rotatable bonds is 1. The first kappa shape index (κ1) is 14.7. The molecule has 0 saturated carbocycles. The molecular formula is C15H16FNO2S2. The maximum Gasteiger partial charge on any atom is 0.264 e. The van der Waals surface area contributed by atoms with Gasteiger partial charge in [-0.2, -0.15) is 0 Å². The smallest absolute Gasteiger partial charge is 0.264 e. The standard InChI is InChI=1S/C15H16FNO2S2/c1-9-8-21(19)6-5-17(9)15(18)14-10(2)12-7-11(16)3-4-13(12)20-14/h3-4,7,9H,5-6,8H2,1-2H3/t9-,21-/m1/s1. The van der Waals surface area contributed by atoms with Crippen molar-refractivity contribution in [1.29, 1.82) is 0 Å². The van der Waals surface area contributed by atoms with Gasteiger partial charge in [0.1, 0.15) is 5.82 Å². The van der Waals surface area contributed by atoms with Crippen LogP contribution in [0.4, 0.5) is 4.39 Å². The monoisotopic (exact) mass is 325 g/mol. The highest BCUT2D eigenvalue weighted by Crippen LogP contribution is 2.32. The topological polar surface area (TPSA) is 37.4 Å². The second-order valence-electron chi connectivity index (χ2n) is 5.35. The number of hydrogen-bond acceptors (Lipinski definition) is 3. The number of nitrogens with zero attached hydrogens (tertiary/aromatic N) is 1. The van der Waals surface area contributed by atoms with Gasteiger partial charge in [0.25, 0.3) is 5.91 Å². The van der Waals surface area contributed by atoms with Crippen molar-refractivity contribution in [3.63, 3.8) is 0 Å². The van der Waals surface area contributed by atoms with Crippen molar-refractivity contribution in [2.24, 2.45) is 0 Å². The fraction of sp³-hybridized carbons (Fsp3) is 0.400. The third-order valence-electron chi connectivity index (χ3n) is 3.87. The molecular weight excluding hydrogens is 309 g/mol. The summed E-state index contributed by atoms with van der Waals surface area (Å²) in [5, 5.41) is 0.802. The highest BCUT2D eigenvalue weighted by molar-refractivity contribution is 7.85. The van der Waals surface area contributed by atoms with Crippen molar-refractivity contribution in [2.75, 3.05) is 18.1 Å². The molecule has 3 rings (SSSR count). The van der Waals surface area contributed by atoms with E-state index in [1.807, 2.05) is 13.8 Å². The van der Waals surface area contributed by atoms with E-state index in [1.165, 1.54) is 23.5 Å².